The first-order valence-corrected chi connectivity index (χ1v) is 7.78. The predicted molar refractivity (Wildman–Crippen MR) is 82.8 cm³/mol. The number of hydrogen-bond donors (Lipinski definition) is 0. The highest BCUT2D eigenvalue weighted by Crippen LogP contribution is 2.33. The first-order valence-electron chi connectivity index (χ1n) is 7.78. The molecule has 0 N–H and O–H groups in total. The van der Waals surface area contributed by atoms with Crippen LogP contribution in [0, 0.1) is 0 Å². The summed E-state index contributed by atoms with van der Waals surface area (Å²) in [5, 5.41) is 1.95. The van der Waals surface area contributed by atoms with Gasteiger partial charge < -0.3 is 14.4 Å². The molecule has 1 saturated heterocycles. The summed E-state index contributed by atoms with van der Waals surface area (Å²) in [4.78, 5) is 27.9. The first-order chi connectivity index (χ1) is 9.76. The number of carbonyl (C=O) groups excluding carboxylic acids is 2. The number of ketones is 1. The zero-order valence-corrected chi connectivity index (χ0v) is 14.6. The molecular formula is C16H31NO4. The van der Waals surface area contributed by atoms with Crippen molar-refractivity contribution in [3.05, 3.63) is 0 Å². The third kappa shape index (κ3) is 6.57. The molecule has 0 spiro atoms. The Kier molecular flexibility index (Phi) is 8.74. The molecule has 0 aliphatic carbocycles. The van der Waals surface area contributed by atoms with E-state index < -0.39 is 0 Å². The van der Waals surface area contributed by atoms with Crippen molar-refractivity contribution < 1.29 is 19.2 Å². The lowest BCUT2D eigenvalue weighted by atomic mass is 9.87. The normalized spacial score (nSPS) is 24.7. The molecule has 1 heterocycles. The van der Waals surface area contributed by atoms with E-state index in [-0.39, 0.29) is 42.3 Å². The fourth-order valence-corrected chi connectivity index (χ4v) is 2.84. The summed E-state index contributed by atoms with van der Waals surface area (Å²) in [6.07, 6.45) is 1.82. The number of ether oxygens (including phenoxy) is 1. The lowest BCUT2D eigenvalue weighted by molar-refractivity contribution is -0.247. The minimum atomic E-state index is -0.283. The molecule has 1 aliphatic heterocycles. The van der Waals surface area contributed by atoms with Gasteiger partial charge in [-0.05, 0) is 27.7 Å². The number of piperidine rings is 1. The molecule has 124 valence electrons. The maximum Gasteiger partial charge on any atom is 0.306 e. The van der Waals surface area contributed by atoms with Gasteiger partial charge >= 0.3 is 5.97 Å². The van der Waals surface area contributed by atoms with Crippen LogP contribution in [0.2, 0.25) is 0 Å². The molecule has 0 saturated carbocycles. The van der Waals surface area contributed by atoms with Crippen LogP contribution in [0.1, 0.15) is 67.2 Å². The van der Waals surface area contributed by atoms with E-state index in [4.69, 9.17) is 9.57 Å². The molecule has 21 heavy (non-hydrogen) atoms. The van der Waals surface area contributed by atoms with Gasteiger partial charge in [-0.3, -0.25) is 4.79 Å². The second kappa shape index (κ2) is 9.15. The van der Waals surface area contributed by atoms with E-state index in [2.05, 4.69) is 20.8 Å². The summed E-state index contributed by atoms with van der Waals surface area (Å²) in [6.45, 7) is 11.7. The predicted octanol–water partition coefficient (Wildman–Crippen LogP) is 3.12. The maximum atomic E-state index is 11.7. The summed E-state index contributed by atoms with van der Waals surface area (Å²) in [5.41, 5.74) is -0.169. The fraction of sp³-hybridized carbons (Fsp3) is 0.875. The van der Waals surface area contributed by atoms with Crippen molar-refractivity contribution in [1.29, 1.82) is 0 Å². The summed E-state index contributed by atoms with van der Waals surface area (Å²) >= 11 is 0. The van der Waals surface area contributed by atoms with Gasteiger partial charge in [-0.1, -0.05) is 13.8 Å². The Morgan fingerprint density at radius 2 is 1.81 bits per heavy atom. The molecule has 0 aromatic heterocycles. The van der Waals surface area contributed by atoms with Crippen LogP contribution in [0.3, 0.4) is 0 Å². The smallest absolute Gasteiger partial charge is 0.306 e. The molecule has 5 heteroatoms. The molecule has 0 aromatic carbocycles. The molecule has 0 aromatic rings. The van der Waals surface area contributed by atoms with Gasteiger partial charge in [-0.25, -0.2) is 0 Å². The van der Waals surface area contributed by atoms with Crippen LogP contribution in [0.5, 0.6) is 0 Å². The number of nitrogens with zero attached hydrogens (tertiary/aromatic N) is 1. The topological polar surface area (TPSA) is 55.8 Å². The van der Waals surface area contributed by atoms with Crippen LogP contribution in [0.25, 0.3) is 0 Å². The maximum absolute atomic E-state index is 11.7. The zero-order valence-electron chi connectivity index (χ0n) is 14.6. The molecule has 2 atom stereocenters. The Balaban J connectivity index is 0.00000191. The SMILES string of the molecule is CC.CON1C(C)CC(OC(=O)CCC(C)=O)CC1(C)C. The van der Waals surface area contributed by atoms with E-state index in [0.29, 0.717) is 0 Å². The van der Waals surface area contributed by atoms with Gasteiger partial charge in [0.15, 0.2) is 0 Å². The van der Waals surface area contributed by atoms with Crippen LogP contribution < -0.4 is 0 Å². The van der Waals surface area contributed by atoms with E-state index in [1.807, 2.05) is 18.9 Å². The van der Waals surface area contributed by atoms with Crippen molar-refractivity contribution in [2.24, 2.45) is 0 Å². The molecule has 5 nitrogen and oxygen atoms in total. The van der Waals surface area contributed by atoms with Gasteiger partial charge in [0.05, 0.1) is 13.5 Å². The summed E-state index contributed by atoms with van der Waals surface area (Å²) < 4.78 is 5.47. The highest BCUT2D eigenvalue weighted by Gasteiger charge is 2.41. The Labute approximate surface area is 128 Å². The quantitative estimate of drug-likeness (QED) is 0.730. The van der Waals surface area contributed by atoms with Gasteiger partial charge in [0.2, 0.25) is 0 Å². The van der Waals surface area contributed by atoms with Crippen LogP contribution in [-0.4, -0.2) is 41.6 Å². The molecule has 0 radical (unpaired) electrons. The van der Waals surface area contributed by atoms with Gasteiger partial charge in [-0.2, -0.15) is 5.06 Å². The summed E-state index contributed by atoms with van der Waals surface area (Å²) in [7, 11) is 1.66. The van der Waals surface area contributed by atoms with Crippen LogP contribution in [0.4, 0.5) is 0 Å². The molecule has 0 bridgehead atoms. The molecule has 2 unspecified atom stereocenters. The Bertz CT molecular complexity index is 341. The largest absolute Gasteiger partial charge is 0.462 e. The van der Waals surface area contributed by atoms with Crippen molar-refractivity contribution >= 4 is 11.8 Å². The second-order valence-corrected chi connectivity index (χ2v) is 5.92. The number of rotatable bonds is 5. The fourth-order valence-electron chi connectivity index (χ4n) is 2.84. The summed E-state index contributed by atoms with van der Waals surface area (Å²) in [5.74, 6) is -0.270. The first kappa shape index (κ1) is 20.1. The van der Waals surface area contributed by atoms with Crippen molar-refractivity contribution in [2.45, 2.75) is 84.9 Å². The Morgan fingerprint density at radius 3 is 2.24 bits per heavy atom. The van der Waals surface area contributed by atoms with E-state index in [1.54, 1.807) is 7.11 Å². The third-order valence-corrected chi connectivity index (χ3v) is 3.50. The van der Waals surface area contributed by atoms with E-state index in [1.165, 1.54) is 6.92 Å². The second-order valence-electron chi connectivity index (χ2n) is 5.92. The summed E-state index contributed by atoms with van der Waals surface area (Å²) in [6, 6.07) is 0.194. The van der Waals surface area contributed by atoms with Gasteiger partial charge in [0, 0.05) is 30.8 Å². The van der Waals surface area contributed by atoms with E-state index >= 15 is 0 Å². The zero-order chi connectivity index (χ0) is 16.6. The van der Waals surface area contributed by atoms with Crippen molar-refractivity contribution in [1.82, 2.24) is 5.06 Å². The highest BCUT2D eigenvalue weighted by atomic mass is 16.7. The van der Waals surface area contributed by atoms with Crippen LogP contribution in [0.15, 0.2) is 0 Å². The molecule has 1 fully saturated rings. The number of hydroxylamine groups is 2. The highest BCUT2D eigenvalue weighted by molar-refractivity contribution is 5.81. The lowest BCUT2D eigenvalue weighted by Gasteiger charge is -2.47. The molecule has 1 aliphatic rings. The minimum absolute atomic E-state index is 0.0138. The monoisotopic (exact) mass is 301 g/mol. The van der Waals surface area contributed by atoms with Gasteiger partial charge in [-0.15, -0.1) is 0 Å². The number of hydrogen-bond acceptors (Lipinski definition) is 5. The third-order valence-electron chi connectivity index (χ3n) is 3.50. The number of Topliss-reactive ketones (excluding diaryl/α,β-unsaturated/α-hetero) is 1. The average molecular weight is 301 g/mol. The van der Waals surface area contributed by atoms with Crippen molar-refractivity contribution in [3.8, 4) is 0 Å². The van der Waals surface area contributed by atoms with Crippen molar-refractivity contribution in [2.75, 3.05) is 7.11 Å². The molecule has 1 rings (SSSR count). The van der Waals surface area contributed by atoms with E-state index in [0.717, 1.165) is 12.8 Å². The van der Waals surface area contributed by atoms with Crippen LogP contribution >= 0.6 is 0 Å². The van der Waals surface area contributed by atoms with Gasteiger partial charge in [0.1, 0.15) is 11.9 Å². The molecular weight excluding hydrogens is 270 g/mol. The van der Waals surface area contributed by atoms with Crippen LogP contribution in [-0.2, 0) is 19.2 Å². The van der Waals surface area contributed by atoms with Gasteiger partial charge in [0.25, 0.3) is 0 Å². The Hall–Kier alpha value is -0.940. The Morgan fingerprint density at radius 1 is 1.24 bits per heavy atom. The lowest BCUT2D eigenvalue weighted by Crippen LogP contribution is -2.55. The average Bonchev–Trinajstić information content (AvgIpc) is 2.37. The minimum Gasteiger partial charge on any atom is -0.462 e. The number of carbonyl (C=O) groups is 2. The standard InChI is InChI=1S/C14H25NO4.C2H6/c1-10-8-12(9-14(3,4)15(10)18-5)19-13(17)7-6-11(2)16;1-2/h10,12H,6-9H2,1-5H3;1-2H3. The molecule has 0 amide bonds. The number of esters is 1. The van der Waals surface area contributed by atoms with Crippen molar-refractivity contribution in [3.63, 3.8) is 0 Å². The van der Waals surface area contributed by atoms with E-state index in [9.17, 15) is 9.59 Å².